The van der Waals surface area contributed by atoms with Crippen molar-refractivity contribution >= 4 is 10.0 Å². The highest BCUT2D eigenvalue weighted by molar-refractivity contribution is 7.89. The molecule has 0 unspecified atom stereocenters. The van der Waals surface area contributed by atoms with Gasteiger partial charge in [0, 0.05) is 12.1 Å². The van der Waals surface area contributed by atoms with Gasteiger partial charge >= 0.3 is 0 Å². The second kappa shape index (κ2) is 6.42. The summed E-state index contributed by atoms with van der Waals surface area (Å²) in [7, 11) is -3.67. The van der Waals surface area contributed by atoms with E-state index >= 15 is 0 Å². The summed E-state index contributed by atoms with van der Waals surface area (Å²) in [6.07, 6.45) is 5.49. The second-order valence-electron chi connectivity index (χ2n) is 6.11. The zero-order valence-corrected chi connectivity index (χ0v) is 13.0. The summed E-state index contributed by atoms with van der Waals surface area (Å²) in [6.45, 7) is 1.96. The maximum atomic E-state index is 13.3. The highest BCUT2D eigenvalue weighted by Gasteiger charge is 2.28. The Bertz CT molecular complexity index is 595. The first kappa shape index (κ1) is 16.4. The predicted molar refractivity (Wildman–Crippen MR) is 78.7 cm³/mol. The SMILES string of the molecule is CC1(CNS(=O)(=O)c2ccc(F)c(CO)c2)CCCCC1. The normalized spacial score (nSPS) is 18.6. The summed E-state index contributed by atoms with van der Waals surface area (Å²) in [5.74, 6) is -0.601. The minimum absolute atomic E-state index is 0.00707. The molecule has 0 aromatic heterocycles. The maximum absolute atomic E-state index is 13.3. The van der Waals surface area contributed by atoms with Crippen LogP contribution < -0.4 is 4.72 Å². The predicted octanol–water partition coefficient (Wildman–Crippen LogP) is 2.57. The molecule has 1 fully saturated rings. The van der Waals surface area contributed by atoms with E-state index in [1.807, 2.05) is 0 Å². The van der Waals surface area contributed by atoms with Crippen LogP contribution in [0.4, 0.5) is 4.39 Å². The summed E-state index contributed by atoms with van der Waals surface area (Å²) in [6, 6.07) is 3.48. The molecule has 0 aliphatic heterocycles. The zero-order chi connectivity index (χ0) is 15.5. The Morgan fingerprint density at radius 3 is 2.57 bits per heavy atom. The Morgan fingerprint density at radius 2 is 1.95 bits per heavy atom. The Kier molecular flexibility index (Phi) is 5.01. The molecule has 0 atom stereocenters. The lowest BCUT2D eigenvalue weighted by atomic mass is 9.76. The second-order valence-corrected chi connectivity index (χ2v) is 7.87. The third-order valence-corrected chi connectivity index (χ3v) is 5.65. The fourth-order valence-corrected chi connectivity index (χ4v) is 4.02. The molecule has 0 amide bonds. The van der Waals surface area contributed by atoms with Crippen molar-refractivity contribution in [1.29, 1.82) is 0 Å². The molecule has 0 heterocycles. The average molecular weight is 315 g/mol. The first-order chi connectivity index (χ1) is 9.86. The molecule has 0 saturated heterocycles. The van der Waals surface area contributed by atoms with E-state index < -0.39 is 22.4 Å². The number of hydrogen-bond donors (Lipinski definition) is 2. The van der Waals surface area contributed by atoms with Crippen LogP contribution in [0.5, 0.6) is 0 Å². The summed E-state index contributed by atoms with van der Waals surface area (Å²) in [4.78, 5) is -0.00707. The van der Waals surface area contributed by atoms with Crippen molar-refractivity contribution in [2.24, 2.45) is 5.41 Å². The van der Waals surface area contributed by atoms with E-state index in [4.69, 9.17) is 5.11 Å². The van der Waals surface area contributed by atoms with Gasteiger partial charge in [0.2, 0.25) is 10.0 Å². The van der Waals surface area contributed by atoms with Crippen molar-refractivity contribution < 1.29 is 17.9 Å². The van der Waals surface area contributed by atoms with E-state index in [1.165, 1.54) is 18.6 Å². The zero-order valence-electron chi connectivity index (χ0n) is 12.2. The minimum Gasteiger partial charge on any atom is -0.392 e. The van der Waals surface area contributed by atoms with Gasteiger partial charge in [-0.05, 0) is 36.5 Å². The van der Waals surface area contributed by atoms with Crippen molar-refractivity contribution in [3.05, 3.63) is 29.6 Å². The van der Waals surface area contributed by atoms with Gasteiger partial charge < -0.3 is 5.11 Å². The number of halogens is 1. The number of hydrogen-bond acceptors (Lipinski definition) is 3. The van der Waals surface area contributed by atoms with Crippen LogP contribution in [0.1, 0.15) is 44.6 Å². The van der Waals surface area contributed by atoms with Gasteiger partial charge in [-0.25, -0.2) is 17.5 Å². The van der Waals surface area contributed by atoms with Crippen LogP contribution in [0.15, 0.2) is 23.1 Å². The van der Waals surface area contributed by atoms with Crippen molar-refractivity contribution in [1.82, 2.24) is 4.72 Å². The topological polar surface area (TPSA) is 66.4 Å². The van der Waals surface area contributed by atoms with Crippen molar-refractivity contribution in [3.63, 3.8) is 0 Å². The summed E-state index contributed by atoms with van der Waals surface area (Å²) in [5, 5.41) is 9.03. The van der Waals surface area contributed by atoms with Crippen LogP contribution in [0.25, 0.3) is 0 Å². The molecule has 21 heavy (non-hydrogen) atoms. The molecule has 6 heteroatoms. The molecule has 0 spiro atoms. The molecule has 1 aromatic rings. The van der Waals surface area contributed by atoms with Crippen molar-refractivity contribution in [2.45, 2.75) is 50.5 Å². The molecule has 0 bridgehead atoms. The van der Waals surface area contributed by atoms with Crippen LogP contribution in [0.3, 0.4) is 0 Å². The van der Waals surface area contributed by atoms with Crippen LogP contribution in [0, 0.1) is 11.2 Å². The summed E-state index contributed by atoms with van der Waals surface area (Å²) < 4.78 is 40.5. The van der Waals surface area contributed by atoms with Gasteiger partial charge in [0.1, 0.15) is 5.82 Å². The minimum atomic E-state index is -3.67. The number of benzene rings is 1. The number of aliphatic hydroxyl groups excluding tert-OH is 1. The molecule has 118 valence electrons. The Morgan fingerprint density at radius 1 is 1.29 bits per heavy atom. The maximum Gasteiger partial charge on any atom is 0.240 e. The smallest absolute Gasteiger partial charge is 0.240 e. The van der Waals surface area contributed by atoms with E-state index in [2.05, 4.69) is 11.6 Å². The first-order valence-corrected chi connectivity index (χ1v) is 8.74. The van der Waals surface area contributed by atoms with Crippen molar-refractivity contribution in [2.75, 3.05) is 6.54 Å². The molecular formula is C15H22FNO3S. The van der Waals surface area contributed by atoms with Gasteiger partial charge in [-0.15, -0.1) is 0 Å². The van der Waals surface area contributed by atoms with Gasteiger partial charge in [0.05, 0.1) is 11.5 Å². The molecule has 2 N–H and O–H groups in total. The summed E-state index contributed by atoms with van der Waals surface area (Å²) in [5.41, 5.74) is -0.0210. The lowest BCUT2D eigenvalue weighted by molar-refractivity contribution is 0.219. The third-order valence-electron chi connectivity index (χ3n) is 4.25. The Labute approximate surface area is 125 Å². The van der Waals surface area contributed by atoms with Gasteiger partial charge in [0.25, 0.3) is 0 Å². The Hall–Kier alpha value is -0.980. The van der Waals surface area contributed by atoms with Crippen LogP contribution in [-0.2, 0) is 16.6 Å². The molecule has 4 nitrogen and oxygen atoms in total. The number of aliphatic hydroxyl groups is 1. The number of nitrogens with one attached hydrogen (secondary N) is 1. The number of rotatable bonds is 5. The molecule has 1 saturated carbocycles. The molecule has 1 aliphatic carbocycles. The van der Waals surface area contributed by atoms with Gasteiger partial charge in [-0.3, -0.25) is 0 Å². The van der Waals surface area contributed by atoms with E-state index in [0.717, 1.165) is 31.7 Å². The highest BCUT2D eigenvalue weighted by Crippen LogP contribution is 2.35. The molecule has 0 radical (unpaired) electrons. The third kappa shape index (κ3) is 4.02. The van der Waals surface area contributed by atoms with E-state index in [-0.39, 0.29) is 15.9 Å². The molecule has 2 rings (SSSR count). The first-order valence-electron chi connectivity index (χ1n) is 7.25. The Balaban J connectivity index is 2.11. The van der Waals surface area contributed by atoms with Gasteiger partial charge in [-0.1, -0.05) is 26.2 Å². The van der Waals surface area contributed by atoms with Gasteiger partial charge in [-0.2, -0.15) is 0 Å². The lowest BCUT2D eigenvalue weighted by Crippen LogP contribution is -2.37. The van der Waals surface area contributed by atoms with Gasteiger partial charge in [0.15, 0.2) is 0 Å². The van der Waals surface area contributed by atoms with E-state index in [1.54, 1.807) is 0 Å². The monoisotopic (exact) mass is 315 g/mol. The van der Waals surface area contributed by atoms with Crippen LogP contribution >= 0.6 is 0 Å². The van der Waals surface area contributed by atoms with Crippen LogP contribution in [0.2, 0.25) is 0 Å². The summed E-state index contributed by atoms with van der Waals surface area (Å²) >= 11 is 0. The van der Waals surface area contributed by atoms with E-state index in [0.29, 0.717) is 6.54 Å². The van der Waals surface area contributed by atoms with Crippen LogP contribution in [-0.4, -0.2) is 20.1 Å². The number of sulfonamides is 1. The van der Waals surface area contributed by atoms with E-state index in [9.17, 15) is 12.8 Å². The largest absolute Gasteiger partial charge is 0.392 e. The molecule has 1 aromatic carbocycles. The standard InChI is InChI=1S/C15H22FNO3S/c1-15(7-3-2-4-8-15)11-17-21(19,20)13-5-6-14(16)12(9-13)10-18/h5-6,9,17-18H,2-4,7-8,10-11H2,1H3. The molecule has 1 aliphatic rings. The highest BCUT2D eigenvalue weighted by atomic mass is 32.2. The fraction of sp³-hybridized carbons (Fsp3) is 0.600. The van der Waals surface area contributed by atoms with Crippen molar-refractivity contribution in [3.8, 4) is 0 Å². The lowest BCUT2D eigenvalue weighted by Gasteiger charge is -2.33. The average Bonchev–Trinajstić information content (AvgIpc) is 2.46. The fourth-order valence-electron chi connectivity index (χ4n) is 2.77. The quantitative estimate of drug-likeness (QED) is 0.877. The molecular weight excluding hydrogens is 293 g/mol.